The molecule has 0 spiro atoms. The lowest BCUT2D eigenvalue weighted by atomic mass is 10.1. The van der Waals surface area contributed by atoms with Gasteiger partial charge < -0.3 is 9.47 Å². The molecule has 47 heavy (non-hydrogen) atoms. The second-order valence-corrected chi connectivity index (χ2v) is 11.9. The second-order valence-electron chi connectivity index (χ2n) is 11.9. The number of aryl methyl sites for hydroxylation is 1. The van der Waals surface area contributed by atoms with Gasteiger partial charge in [-0.2, -0.15) is 13.2 Å². The molecule has 3 aromatic rings. The number of carbonyl (C=O) groups is 2. The maximum Gasteiger partial charge on any atom is 0.425 e. The average Bonchev–Trinajstić information content (AvgIpc) is 3.06. The largest absolute Gasteiger partial charge is 0.449 e. The lowest BCUT2D eigenvalue weighted by Gasteiger charge is -2.20. The Morgan fingerprint density at radius 1 is 0.723 bits per heavy atom. The number of carbonyl (C=O) groups excluding carboxylic acids is 2. The van der Waals surface area contributed by atoms with Gasteiger partial charge in [-0.25, -0.2) is 23.9 Å². The molecule has 0 amide bonds. The zero-order valence-corrected chi connectivity index (χ0v) is 27.4. The van der Waals surface area contributed by atoms with Crippen LogP contribution in [-0.4, -0.2) is 34.2 Å². The van der Waals surface area contributed by atoms with Crippen molar-refractivity contribution in [1.29, 1.82) is 0 Å². The van der Waals surface area contributed by atoms with E-state index in [2.05, 4.69) is 16.9 Å². The zero-order valence-electron chi connectivity index (χ0n) is 27.4. The first kappa shape index (κ1) is 37.6. The maximum absolute atomic E-state index is 14.8. The van der Waals surface area contributed by atoms with Crippen molar-refractivity contribution in [2.45, 2.75) is 122 Å². The number of alkyl halides is 3. The van der Waals surface area contributed by atoms with E-state index in [1.165, 1.54) is 50.7 Å². The number of ether oxygens (including phenoxy) is 2. The lowest BCUT2D eigenvalue weighted by molar-refractivity contribution is -0.206. The van der Waals surface area contributed by atoms with Gasteiger partial charge in [-0.15, -0.1) is 0 Å². The zero-order chi connectivity index (χ0) is 34.1. The Labute approximate surface area is 275 Å². The Balaban J connectivity index is 1.51. The smallest absolute Gasteiger partial charge is 0.425 e. The van der Waals surface area contributed by atoms with Crippen LogP contribution >= 0.6 is 0 Å². The first-order valence-corrected chi connectivity index (χ1v) is 16.8. The number of nitrogens with zero attached hydrogens (tertiary/aromatic N) is 2. The van der Waals surface area contributed by atoms with Crippen LogP contribution in [0.5, 0.6) is 5.75 Å². The fraction of sp³-hybridized carbons (Fsp3) is 0.514. The van der Waals surface area contributed by atoms with E-state index in [0.29, 0.717) is 23.9 Å². The van der Waals surface area contributed by atoms with Crippen molar-refractivity contribution in [3.05, 3.63) is 77.4 Å². The Morgan fingerprint density at radius 3 is 1.85 bits per heavy atom. The van der Waals surface area contributed by atoms with Crippen LogP contribution in [-0.2, 0) is 11.2 Å². The third-order valence-electron chi connectivity index (χ3n) is 7.96. The number of benzene rings is 2. The average molecular weight is 659 g/mol. The highest BCUT2D eigenvalue weighted by Crippen LogP contribution is 2.29. The molecule has 0 aliphatic carbocycles. The molecule has 2 aromatic carbocycles. The molecule has 0 N–H and O–H groups in total. The maximum atomic E-state index is 14.8. The van der Waals surface area contributed by atoms with Crippen LogP contribution in [0.4, 0.5) is 17.6 Å². The summed E-state index contributed by atoms with van der Waals surface area (Å²) in [7, 11) is 0. The minimum absolute atomic E-state index is 0.134. The van der Waals surface area contributed by atoms with E-state index in [9.17, 15) is 27.2 Å². The van der Waals surface area contributed by atoms with E-state index in [4.69, 9.17) is 9.47 Å². The molecular weight excluding hydrogens is 612 g/mol. The second kappa shape index (κ2) is 19.8. The van der Waals surface area contributed by atoms with E-state index in [1.807, 2.05) is 19.3 Å². The van der Waals surface area contributed by atoms with Crippen molar-refractivity contribution in [2.75, 3.05) is 0 Å². The van der Waals surface area contributed by atoms with Crippen molar-refractivity contribution in [2.24, 2.45) is 0 Å². The molecule has 1 unspecified atom stereocenters. The molecule has 1 aromatic heterocycles. The van der Waals surface area contributed by atoms with Gasteiger partial charge in [0.25, 0.3) is 0 Å². The Morgan fingerprint density at radius 2 is 1.28 bits per heavy atom. The first-order chi connectivity index (χ1) is 22.6. The minimum atomic E-state index is -4.74. The van der Waals surface area contributed by atoms with Crippen LogP contribution in [0.15, 0.2) is 54.9 Å². The highest BCUT2D eigenvalue weighted by Gasteiger charge is 2.42. The van der Waals surface area contributed by atoms with E-state index in [0.717, 1.165) is 56.2 Å². The van der Waals surface area contributed by atoms with Gasteiger partial charge in [0.15, 0.2) is 23.5 Å². The van der Waals surface area contributed by atoms with E-state index in [1.54, 1.807) is 12.1 Å². The van der Waals surface area contributed by atoms with E-state index in [-0.39, 0.29) is 18.4 Å². The number of esters is 2. The van der Waals surface area contributed by atoms with Gasteiger partial charge in [0.2, 0.25) is 0 Å². The number of rotatable bonds is 20. The van der Waals surface area contributed by atoms with Crippen molar-refractivity contribution in [1.82, 2.24) is 9.97 Å². The van der Waals surface area contributed by atoms with Gasteiger partial charge in [-0.1, -0.05) is 96.6 Å². The number of halogens is 4. The van der Waals surface area contributed by atoms with Crippen LogP contribution in [0.3, 0.4) is 0 Å². The van der Waals surface area contributed by atoms with Gasteiger partial charge >= 0.3 is 18.1 Å². The predicted octanol–water partition coefficient (Wildman–Crippen LogP) is 10.6. The topological polar surface area (TPSA) is 78.4 Å². The normalized spacial score (nSPS) is 12.1. The Bertz CT molecular complexity index is 1380. The molecule has 0 fully saturated rings. The molecule has 6 nitrogen and oxygen atoms in total. The van der Waals surface area contributed by atoms with Crippen molar-refractivity contribution in [3.8, 4) is 17.1 Å². The molecule has 0 bridgehead atoms. The summed E-state index contributed by atoms with van der Waals surface area (Å²) in [4.78, 5) is 34.0. The van der Waals surface area contributed by atoms with Gasteiger partial charge in [0, 0.05) is 18.0 Å². The molecule has 0 saturated carbocycles. The van der Waals surface area contributed by atoms with Crippen molar-refractivity contribution >= 4 is 11.9 Å². The summed E-state index contributed by atoms with van der Waals surface area (Å²) < 4.78 is 65.1. The predicted molar refractivity (Wildman–Crippen MR) is 174 cm³/mol. The number of aromatic nitrogens is 2. The fourth-order valence-corrected chi connectivity index (χ4v) is 5.14. The molecule has 1 atom stereocenters. The number of hydrogen-bond donors (Lipinski definition) is 0. The summed E-state index contributed by atoms with van der Waals surface area (Å²) in [5, 5.41) is 0. The summed E-state index contributed by atoms with van der Waals surface area (Å²) in [5.41, 5.74) is 1.47. The molecule has 3 rings (SSSR count). The summed E-state index contributed by atoms with van der Waals surface area (Å²) in [6, 6.07) is 9.07. The van der Waals surface area contributed by atoms with Gasteiger partial charge in [0.05, 0.1) is 11.1 Å². The summed E-state index contributed by atoms with van der Waals surface area (Å²) in [6.45, 7) is 4.26. The van der Waals surface area contributed by atoms with Gasteiger partial charge in [-0.05, 0) is 61.6 Å². The monoisotopic (exact) mass is 658 g/mol. The van der Waals surface area contributed by atoms with Crippen LogP contribution in [0.25, 0.3) is 11.4 Å². The Hall–Kier alpha value is -3.82. The SMILES string of the molecule is CCCCCCCCCc1cnc(-c2ccc(C(=O)Oc3ccc(C(=O)OC(CCCCCCCC)C(F)(F)F)cc3F)cc2)nc1. The summed E-state index contributed by atoms with van der Waals surface area (Å²) in [5.74, 6) is -3.23. The molecule has 1 heterocycles. The third kappa shape index (κ3) is 13.1. The number of hydrogen-bond acceptors (Lipinski definition) is 6. The minimum Gasteiger partial charge on any atom is -0.449 e. The summed E-state index contributed by atoms with van der Waals surface area (Å²) >= 11 is 0. The van der Waals surface area contributed by atoms with Crippen molar-refractivity contribution in [3.63, 3.8) is 0 Å². The van der Waals surface area contributed by atoms with Crippen molar-refractivity contribution < 1.29 is 36.6 Å². The highest BCUT2D eigenvalue weighted by atomic mass is 19.4. The van der Waals surface area contributed by atoms with E-state index >= 15 is 0 Å². The quantitative estimate of drug-likeness (QED) is 0.0520. The highest BCUT2D eigenvalue weighted by molar-refractivity contribution is 5.92. The standard InChI is InChI=1S/C37H46F4N2O4/c1-3-5-7-9-11-12-14-16-27-25-42-34(43-26-27)28-18-20-29(21-19-28)35(44)46-32-23-22-30(24-31(32)38)36(45)47-33(37(39,40)41)17-15-13-10-8-6-4-2/h18-26,33H,3-17H2,1-2H3. The molecule has 10 heteroatoms. The summed E-state index contributed by atoms with van der Waals surface area (Å²) in [6.07, 6.45) is 10.4. The molecule has 0 aliphatic heterocycles. The first-order valence-electron chi connectivity index (χ1n) is 16.8. The van der Waals surface area contributed by atoms with Crippen LogP contribution in [0, 0.1) is 5.82 Å². The van der Waals surface area contributed by atoms with Gasteiger partial charge in [0.1, 0.15) is 0 Å². The lowest BCUT2D eigenvalue weighted by Crippen LogP contribution is -2.34. The third-order valence-corrected chi connectivity index (χ3v) is 7.96. The molecule has 0 radical (unpaired) electrons. The van der Waals surface area contributed by atoms with Crippen LogP contribution in [0.2, 0.25) is 0 Å². The van der Waals surface area contributed by atoms with Crippen LogP contribution in [0.1, 0.15) is 130 Å². The fourth-order valence-electron chi connectivity index (χ4n) is 5.14. The van der Waals surface area contributed by atoms with E-state index < -0.39 is 41.3 Å². The molecular formula is C37H46F4N2O4. The Kier molecular flexibility index (Phi) is 15.8. The molecule has 256 valence electrons. The van der Waals surface area contributed by atoms with Gasteiger partial charge in [-0.3, -0.25) is 0 Å². The van der Waals surface area contributed by atoms with Crippen LogP contribution < -0.4 is 4.74 Å². The number of unbranched alkanes of at least 4 members (excludes halogenated alkanes) is 11. The molecule has 0 saturated heterocycles. The molecule has 0 aliphatic rings.